The van der Waals surface area contributed by atoms with E-state index >= 15 is 0 Å². The van der Waals surface area contributed by atoms with Crippen molar-refractivity contribution >= 4 is 17.4 Å². The highest BCUT2D eigenvalue weighted by molar-refractivity contribution is 6.30. The Kier molecular flexibility index (Phi) is 2.17. The Morgan fingerprint density at radius 1 is 1.43 bits per heavy atom. The molecule has 14 heavy (non-hydrogen) atoms. The summed E-state index contributed by atoms with van der Waals surface area (Å²) in [4.78, 5) is 0. The van der Waals surface area contributed by atoms with Crippen molar-refractivity contribution in [3.05, 3.63) is 35.5 Å². The van der Waals surface area contributed by atoms with Crippen molar-refractivity contribution < 1.29 is 0 Å². The van der Waals surface area contributed by atoms with Gasteiger partial charge in [0.1, 0.15) is 0 Å². The molecule has 4 heteroatoms. The number of aromatic nitrogens is 2. The van der Waals surface area contributed by atoms with Gasteiger partial charge in [-0.25, -0.2) is 0 Å². The molecule has 0 aliphatic rings. The van der Waals surface area contributed by atoms with Crippen LogP contribution in [0.4, 0.5) is 5.82 Å². The normalized spacial score (nSPS) is 10.4. The van der Waals surface area contributed by atoms with E-state index < -0.39 is 0 Å². The number of aryl methyl sites for hydroxylation is 1. The summed E-state index contributed by atoms with van der Waals surface area (Å²) in [6, 6.07) is 7.55. The quantitative estimate of drug-likeness (QED) is 0.780. The standard InChI is InChI=1S/C10H10ClN3/c1-14-6-9(10(12)13-14)7-3-2-4-8(11)5-7/h2-6H,1H3,(H2,12,13). The summed E-state index contributed by atoms with van der Waals surface area (Å²) in [6.07, 6.45) is 1.88. The van der Waals surface area contributed by atoms with Crippen molar-refractivity contribution in [3.63, 3.8) is 0 Å². The van der Waals surface area contributed by atoms with Crippen LogP contribution in [0.1, 0.15) is 0 Å². The summed E-state index contributed by atoms with van der Waals surface area (Å²) < 4.78 is 1.69. The number of nitrogens with two attached hydrogens (primary N) is 1. The minimum Gasteiger partial charge on any atom is -0.382 e. The van der Waals surface area contributed by atoms with Gasteiger partial charge < -0.3 is 5.73 Å². The van der Waals surface area contributed by atoms with Crippen molar-refractivity contribution in [1.29, 1.82) is 0 Å². The SMILES string of the molecule is Cn1cc(-c2cccc(Cl)c2)c(N)n1. The second-order valence-electron chi connectivity index (χ2n) is 3.11. The molecule has 0 aliphatic heterocycles. The molecule has 3 nitrogen and oxygen atoms in total. The summed E-state index contributed by atoms with van der Waals surface area (Å²) in [5.41, 5.74) is 7.65. The predicted octanol–water partition coefficient (Wildman–Crippen LogP) is 2.32. The molecule has 0 fully saturated rings. The molecule has 0 radical (unpaired) electrons. The average Bonchev–Trinajstić information content (AvgIpc) is 2.45. The number of hydrogen-bond acceptors (Lipinski definition) is 2. The van der Waals surface area contributed by atoms with Gasteiger partial charge in [-0.3, -0.25) is 4.68 Å². The van der Waals surface area contributed by atoms with Gasteiger partial charge in [0.15, 0.2) is 5.82 Å². The van der Waals surface area contributed by atoms with Gasteiger partial charge in [-0.15, -0.1) is 0 Å². The van der Waals surface area contributed by atoms with Crippen LogP contribution >= 0.6 is 11.6 Å². The maximum atomic E-state index is 5.89. The van der Waals surface area contributed by atoms with Crippen LogP contribution in [0.5, 0.6) is 0 Å². The predicted molar refractivity (Wildman–Crippen MR) is 58.1 cm³/mol. The molecule has 2 aromatic rings. The average molecular weight is 208 g/mol. The van der Waals surface area contributed by atoms with Crippen LogP contribution in [0, 0.1) is 0 Å². The first-order chi connectivity index (χ1) is 6.66. The number of halogens is 1. The van der Waals surface area contributed by atoms with Gasteiger partial charge in [0.05, 0.1) is 0 Å². The first-order valence-corrected chi connectivity index (χ1v) is 4.59. The van der Waals surface area contributed by atoms with Crippen LogP contribution in [0.15, 0.2) is 30.5 Å². The minimum atomic E-state index is 0.523. The van der Waals surface area contributed by atoms with E-state index in [1.165, 1.54) is 0 Å². The van der Waals surface area contributed by atoms with E-state index in [2.05, 4.69) is 5.10 Å². The Morgan fingerprint density at radius 2 is 2.21 bits per heavy atom. The summed E-state index contributed by atoms with van der Waals surface area (Å²) in [7, 11) is 1.84. The van der Waals surface area contributed by atoms with Gasteiger partial charge in [-0.1, -0.05) is 23.7 Å². The number of benzene rings is 1. The number of rotatable bonds is 1. The Balaban J connectivity index is 2.54. The number of hydrogen-bond donors (Lipinski definition) is 1. The van der Waals surface area contributed by atoms with Crippen molar-refractivity contribution in [2.24, 2.45) is 7.05 Å². The molecule has 0 saturated heterocycles. The fourth-order valence-corrected chi connectivity index (χ4v) is 1.57. The minimum absolute atomic E-state index is 0.523. The van der Waals surface area contributed by atoms with E-state index in [0.717, 1.165) is 11.1 Å². The zero-order chi connectivity index (χ0) is 10.1. The topological polar surface area (TPSA) is 43.8 Å². The number of nitrogens with zero attached hydrogens (tertiary/aromatic N) is 2. The van der Waals surface area contributed by atoms with Crippen LogP contribution in [-0.2, 0) is 7.05 Å². The highest BCUT2D eigenvalue weighted by Crippen LogP contribution is 2.26. The Morgan fingerprint density at radius 3 is 2.79 bits per heavy atom. The molecule has 2 N–H and O–H groups in total. The highest BCUT2D eigenvalue weighted by atomic mass is 35.5. The number of nitrogen functional groups attached to an aromatic ring is 1. The largest absolute Gasteiger partial charge is 0.382 e. The molecule has 0 aliphatic carbocycles. The van der Waals surface area contributed by atoms with Crippen molar-refractivity contribution in [2.75, 3.05) is 5.73 Å². The first-order valence-electron chi connectivity index (χ1n) is 4.22. The first kappa shape index (κ1) is 9.09. The summed E-state index contributed by atoms with van der Waals surface area (Å²) >= 11 is 5.89. The van der Waals surface area contributed by atoms with Crippen LogP contribution < -0.4 is 5.73 Å². The van der Waals surface area contributed by atoms with Gasteiger partial charge in [0.25, 0.3) is 0 Å². The third-order valence-corrected chi connectivity index (χ3v) is 2.23. The maximum absolute atomic E-state index is 5.89. The molecular formula is C10H10ClN3. The maximum Gasteiger partial charge on any atom is 0.153 e. The molecule has 72 valence electrons. The van der Waals surface area contributed by atoms with Crippen LogP contribution in [-0.4, -0.2) is 9.78 Å². The highest BCUT2D eigenvalue weighted by Gasteiger charge is 2.06. The summed E-state index contributed by atoms with van der Waals surface area (Å²) in [5, 5.41) is 4.77. The second kappa shape index (κ2) is 3.35. The molecule has 0 bridgehead atoms. The van der Waals surface area contributed by atoms with E-state index in [0.29, 0.717) is 10.8 Å². The molecule has 1 aromatic heterocycles. The van der Waals surface area contributed by atoms with E-state index in [1.807, 2.05) is 37.5 Å². The van der Waals surface area contributed by atoms with Crippen molar-refractivity contribution in [2.45, 2.75) is 0 Å². The zero-order valence-electron chi connectivity index (χ0n) is 7.74. The van der Waals surface area contributed by atoms with Gasteiger partial charge in [0, 0.05) is 23.8 Å². The zero-order valence-corrected chi connectivity index (χ0v) is 8.49. The lowest BCUT2D eigenvalue weighted by molar-refractivity contribution is 0.772. The number of anilines is 1. The lowest BCUT2D eigenvalue weighted by atomic mass is 10.1. The smallest absolute Gasteiger partial charge is 0.153 e. The van der Waals surface area contributed by atoms with Crippen LogP contribution in [0.2, 0.25) is 5.02 Å². The van der Waals surface area contributed by atoms with E-state index in [9.17, 15) is 0 Å². The summed E-state index contributed by atoms with van der Waals surface area (Å²) in [6.45, 7) is 0. The van der Waals surface area contributed by atoms with Gasteiger partial charge in [-0.05, 0) is 17.7 Å². The molecule has 2 rings (SSSR count). The summed E-state index contributed by atoms with van der Waals surface area (Å²) in [5.74, 6) is 0.523. The molecule has 0 unspecified atom stereocenters. The van der Waals surface area contributed by atoms with E-state index in [4.69, 9.17) is 17.3 Å². The Bertz CT molecular complexity index is 462. The molecule has 1 heterocycles. The second-order valence-corrected chi connectivity index (χ2v) is 3.55. The van der Waals surface area contributed by atoms with Crippen molar-refractivity contribution in [3.8, 4) is 11.1 Å². The fraction of sp³-hybridized carbons (Fsp3) is 0.100. The van der Waals surface area contributed by atoms with Crippen LogP contribution in [0.3, 0.4) is 0 Å². The van der Waals surface area contributed by atoms with E-state index in [-0.39, 0.29) is 0 Å². The monoisotopic (exact) mass is 207 g/mol. The third kappa shape index (κ3) is 1.59. The van der Waals surface area contributed by atoms with Crippen molar-refractivity contribution in [1.82, 2.24) is 9.78 Å². The fourth-order valence-electron chi connectivity index (χ4n) is 1.38. The molecule has 0 saturated carbocycles. The lowest BCUT2D eigenvalue weighted by Crippen LogP contribution is -1.90. The van der Waals surface area contributed by atoms with Gasteiger partial charge in [0.2, 0.25) is 0 Å². The molecular weight excluding hydrogens is 198 g/mol. The lowest BCUT2D eigenvalue weighted by Gasteiger charge is -1.98. The molecule has 1 aromatic carbocycles. The van der Waals surface area contributed by atoms with Gasteiger partial charge >= 0.3 is 0 Å². The Labute approximate surface area is 87.1 Å². The van der Waals surface area contributed by atoms with Crippen LogP contribution in [0.25, 0.3) is 11.1 Å². The van der Waals surface area contributed by atoms with Gasteiger partial charge in [-0.2, -0.15) is 5.10 Å². The third-order valence-electron chi connectivity index (χ3n) is 1.99. The van der Waals surface area contributed by atoms with E-state index in [1.54, 1.807) is 4.68 Å². The molecule has 0 amide bonds. The molecule has 0 atom stereocenters. The Hall–Kier alpha value is -1.48. The molecule has 0 spiro atoms.